The Labute approximate surface area is 190 Å². The molecule has 0 saturated heterocycles. The smallest absolute Gasteiger partial charge is 0.271 e. The van der Waals surface area contributed by atoms with Crippen LogP contribution in [0.1, 0.15) is 20.8 Å². The highest BCUT2D eigenvalue weighted by molar-refractivity contribution is 9.10. The van der Waals surface area contributed by atoms with Crippen LogP contribution < -0.4 is 9.47 Å². The zero-order chi connectivity index (χ0) is 21.7. The molecule has 1 aromatic heterocycles. The maximum Gasteiger partial charge on any atom is 0.271 e. The number of nitro groups is 1. The van der Waals surface area contributed by atoms with Crippen LogP contribution in [-0.2, 0) is 6.61 Å². The van der Waals surface area contributed by atoms with Gasteiger partial charge in [0.15, 0.2) is 5.78 Å². The molecule has 0 N–H and O–H groups in total. The molecule has 3 aromatic rings. The van der Waals surface area contributed by atoms with Crippen LogP contribution in [0.2, 0.25) is 5.02 Å². The second-order valence-corrected chi connectivity index (χ2v) is 8.29. The van der Waals surface area contributed by atoms with Crippen molar-refractivity contribution in [3.8, 4) is 11.5 Å². The van der Waals surface area contributed by atoms with Crippen molar-refractivity contribution in [2.75, 3.05) is 7.11 Å². The Kier molecular flexibility index (Phi) is 7.25. The molecule has 0 aliphatic carbocycles. The molecule has 2 aromatic carbocycles. The van der Waals surface area contributed by atoms with Crippen molar-refractivity contribution in [3.05, 3.63) is 89.5 Å². The lowest BCUT2D eigenvalue weighted by Gasteiger charge is -2.12. The van der Waals surface area contributed by atoms with E-state index in [1.807, 2.05) is 17.5 Å². The number of nitrogens with zero attached hydrogens (tertiary/aromatic N) is 1. The first kappa shape index (κ1) is 22.0. The summed E-state index contributed by atoms with van der Waals surface area (Å²) >= 11 is 10.8. The third kappa shape index (κ3) is 5.47. The topological polar surface area (TPSA) is 78.7 Å². The molecule has 0 aliphatic rings. The summed E-state index contributed by atoms with van der Waals surface area (Å²) in [4.78, 5) is 23.2. The number of hydrogen-bond donors (Lipinski definition) is 0. The number of halogens is 2. The van der Waals surface area contributed by atoms with E-state index in [1.54, 1.807) is 25.3 Å². The minimum absolute atomic E-state index is 0.0861. The van der Waals surface area contributed by atoms with Gasteiger partial charge >= 0.3 is 0 Å². The number of non-ortho nitro benzene ring substituents is 1. The Balaban J connectivity index is 1.75. The van der Waals surface area contributed by atoms with E-state index in [4.69, 9.17) is 21.1 Å². The number of rotatable bonds is 8. The van der Waals surface area contributed by atoms with Crippen molar-refractivity contribution < 1.29 is 19.2 Å². The van der Waals surface area contributed by atoms with E-state index in [2.05, 4.69) is 15.9 Å². The first-order valence-electron chi connectivity index (χ1n) is 8.57. The van der Waals surface area contributed by atoms with E-state index in [1.165, 1.54) is 35.6 Å². The molecule has 0 spiro atoms. The van der Waals surface area contributed by atoms with E-state index in [0.29, 0.717) is 16.4 Å². The van der Waals surface area contributed by atoms with Gasteiger partial charge in [0.2, 0.25) is 0 Å². The Morgan fingerprint density at radius 2 is 2.00 bits per heavy atom. The van der Waals surface area contributed by atoms with Crippen LogP contribution in [-0.4, -0.2) is 17.8 Å². The van der Waals surface area contributed by atoms with Crippen LogP contribution in [0.4, 0.5) is 5.69 Å². The van der Waals surface area contributed by atoms with Gasteiger partial charge in [0.1, 0.15) is 18.1 Å². The lowest BCUT2D eigenvalue weighted by atomic mass is 10.1. The molecule has 30 heavy (non-hydrogen) atoms. The molecule has 6 nitrogen and oxygen atoms in total. The molecule has 0 radical (unpaired) electrons. The summed E-state index contributed by atoms with van der Waals surface area (Å²) in [6, 6.07) is 11.2. The number of methoxy groups -OCH3 is 1. The van der Waals surface area contributed by atoms with Gasteiger partial charge in [0, 0.05) is 27.5 Å². The monoisotopic (exact) mass is 507 g/mol. The van der Waals surface area contributed by atoms with E-state index in [0.717, 1.165) is 15.6 Å². The predicted octanol–water partition coefficient (Wildman–Crippen LogP) is 6.56. The Bertz CT molecular complexity index is 1130. The highest BCUT2D eigenvalue weighted by Gasteiger charge is 2.12. The summed E-state index contributed by atoms with van der Waals surface area (Å²) < 4.78 is 12.0. The first-order chi connectivity index (χ1) is 14.4. The molecule has 0 saturated carbocycles. The van der Waals surface area contributed by atoms with Gasteiger partial charge < -0.3 is 9.47 Å². The third-order valence-electron chi connectivity index (χ3n) is 4.05. The fourth-order valence-electron chi connectivity index (χ4n) is 2.59. The van der Waals surface area contributed by atoms with Crippen molar-refractivity contribution in [2.45, 2.75) is 6.61 Å². The van der Waals surface area contributed by atoms with Crippen molar-refractivity contribution in [3.63, 3.8) is 0 Å². The predicted molar refractivity (Wildman–Crippen MR) is 121 cm³/mol. The maximum absolute atomic E-state index is 12.3. The number of ether oxygens (including phenoxy) is 2. The molecule has 0 aliphatic heterocycles. The highest BCUT2D eigenvalue weighted by Crippen LogP contribution is 2.30. The standard InChI is InChI=1S/C21H15BrClNO5S/c1-28-19-6-3-13(2-5-18(25)21-9-15(22)12-30-21)8-14(19)11-29-20-7-4-16(24(26)27)10-17(20)23/h2-10,12H,11H2,1H3/b5-2+. The van der Waals surface area contributed by atoms with E-state index in [9.17, 15) is 14.9 Å². The zero-order valence-electron chi connectivity index (χ0n) is 15.6. The van der Waals surface area contributed by atoms with Crippen LogP contribution in [0.5, 0.6) is 11.5 Å². The number of carbonyl (C=O) groups is 1. The summed E-state index contributed by atoms with van der Waals surface area (Å²) in [5.74, 6) is 0.847. The third-order valence-corrected chi connectivity index (χ3v) is 6.05. The van der Waals surface area contributed by atoms with Gasteiger partial charge in [-0.1, -0.05) is 23.7 Å². The Morgan fingerprint density at radius 3 is 2.63 bits per heavy atom. The lowest BCUT2D eigenvalue weighted by molar-refractivity contribution is -0.384. The molecular weight excluding hydrogens is 494 g/mol. The van der Waals surface area contributed by atoms with Crippen LogP contribution in [0.15, 0.2) is 58.4 Å². The molecule has 3 rings (SSSR count). The number of benzene rings is 2. The van der Waals surface area contributed by atoms with Crippen molar-refractivity contribution in [1.29, 1.82) is 0 Å². The van der Waals surface area contributed by atoms with E-state index in [-0.39, 0.29) is 23.1 Å². The van der Waals surface area contributed by atoms with Gasteiger partial charge in [-0.3, -0.25) is 14.9 Å². The van der Waals surface area contributed by atoms with Crippen molar-refractivity contribution in [2.24, 2.45) is 0 Å². The number of ketones is 1. The molecule has 0 bridgehead atoms. The second-order valence-electron chi connectivity index (χ2n) is 6.06. The Hall–Kier alpha value is -2.68. The van der Waals surface area contributed by atoms with Gasteiger partial charge in [0.25, 0.3) is 5.69 Å². The van der Waals surface area contributed by atoms with E-state index < -0.39 is 4.92 Å². The average Bonchev–Trinajstić information content (AvgIpc) is 3.17. The fourth-order valence-corrected chi connectivity index (χ4v) is 4.16. The van der Waals surface area contributed by atoms with Gasteiger partial charge in [-0.05, 0) is 51.8 Å². The van der Waals surface area contributed by atoms with Gasteiger partial charge in [0.05, 0.1) is 21.9 Å². The minimum Gasteiger partial charge on any atom is -0.496 e. The summed E-state index contributed by atoms with van der Waals surface area (Å²) in [5, 5.41) is 12.8. The second kappa shape index (κ2) is 9.88. The summed E-state index contributed by atoms with van der Waals surface area (Å²) in [6.07, 6.45) is 3.23. The Morgan fingerprint density at radius 1 is 1.23 bits per heavy atom. The zero-order valence-corrected chi connectivity index (χ0v) is 18.8. The maximum atomic E-state index is 12.3. The van der Waals surface area contributed by atoms with E-state index >= 15 is 0 Å². The first-order valence-corrected chi connectivity index (χ1v) is 10.6. The molecule has 154 valence electrons. The molecule has 0 amide bonds. The van der Waals surface area contributed by atoms with Gasteiger partial charge in [-0.2, -0.15) is 0 Å². The minimum atomic E-state index is -0.523. The molecule has 9 heteroatoms. The molecule has 0 fully saturated rings. The number of allylic oxidation sites excluding steroid dienone is 1. The molecule has 0 unspecified atom stereocenters. The number of hydrogen-bond acceptors (Lipinski definition) is 6. The largest absolute Gasteiger partial charge is 0.496 e. The van der Waals surface area contributed by atoms with Crippen LogP contribution >= 0.6 is 38.9 Å². The van der Waals surface area contributed by atoms with Crippen LogP contribution in [0.25, 0.3) is 6.08 Å². The van der Waals surface area contributed by atoms with Crippen molar-refractivity contribution >= 4 is 56.4 Å². The number of carbonyl (C=O) groups excluding carboxylic acids is 1. The lowest BCUT2D eigenvalue weighted by Crippen LogP contribution is -2.00. The summed E-state index contributed by atoms with van der Waals surface area (Å²) in [6.45, 7) is 0.133. The quantitative estimate of drug-likeness (QED) is 0.149. The molecule has 1 heterocycles. The molecule has 0 atom stereocenters. The average molecular weight is 509 g/mol. The van der Waals surface area contributed by atoms with Crippen LogP contribution in [0.3, 0.4) is 0 Å². The van der Waals surface area contributed by atoms with Gasteiger partial charge in [-0.25, -0.2) is 0 Å². The van der Waals surface area contributed by atoms with Crippen LogP contribution in [0, 0.1) is 10.1 Å². The number of nitro benzene ring substituents is 1. The number of thiophene rings is 1. The normalized spacial score (nSPS) is 10.9. The molecular formula is C21H15BrClNO5S. The fraction of sp³-hybridized carbons (Fsp3) is 0.0952. The highest BCUT2D eigenvalue weighted by atomic mass is 79.9. The SMILES string of the molecule is COc1ccc(/C=C/C(=O)c2cc(Br)cs2)cc1COc1ccc([N+](=O)[O-])cc1Cl. The van der Waals surface area contributed by atoms with Gasteiger partial charge in [-0.15, -0.1) is 11.3 Å². The van der Waals surface area contributed by atoms with Crippen molar-refractivity contribution in [1.82, 2.24) is 0 Å². The summed E-state index contributed by atoms with van der Waals surface area (Å²) in [5.41, 5.74) is 1.42. The summed E-state index contributed by atoms with van der Waals surface area (Å²) in [7, 11) is 1.55.